The Hall–Kier alpha value is -7.04. The van der Waals surface area contributed by atoms with Gasteiger partial charge in [-0.15, -0.1) is 11.3 Å². The summed E-state index contributed by atoms with van der Waals surface area (Å²) in [7, 11) is 0. The van der Waals surface area contributed by atoms with E-state index in [9.17, 15) is 26.3 Å². The van der Waals surface area contributed by atoms with Crippen molar-refractivity contribution in [3.63, 3.8) is 0 Å². The second kappa shape index (κ2) is 12.2. The summed E-state index contributed by atoms with van der Waals surface area (Å²) in [5.41, 5.74) is 5.12. The van der Waals surface area contributed by atoms with Crippen molar-refractivity contribution in [1.82, 2.24) is 13.7 Å². The van der Waals surface area contributed by atoms with Gasteiger partial charge in [0.1, 0.15) is 0 Å². The van der Waals surface area contributed by atoms with Gasteiger partial charge in [-0.2, -0.15) is 26.3 Å². The summed E-state index contributed by atoms with van der Waals surface area (Å²) in [6, 6.07) is 49.5. The summed E-state index contributed by atoms with van der Waals surface area (Å²) in [4.78, 5) is 0. The summed E-state index contributed by atoms with van der Waals surface area (Å²) in [5, 5.41) is 6.66. The first-order valence-corrected chi connectivity index (χ1v) is 20.0. The van der Waals surface area contributed by atoms with Crippen LogP contribution in [0.3, 0.4) is 0 Å². The highest BCUT2D eigenvalue weighted by atomic mass is 32.1. The lowest BCUT2D eigenvalue weighted by Gasteiger charge is -2.17. The first-order chi connectivity index (χ1) is 29.0. The van der Waals surface area contributed by atoms with Crippen LogP contribution >= 0.6 is 11.3 Å². The highest BCUT2D eigenvalue weighted by Gasteiger charge is 2.32. The Labute approximate surface area is 340 Å². The van der Waals surface area contributed by atoms with Gasteiger partial charge in [0.2, 0.25) is 0 Å². The number of aromatic nitrogens is 3. The molecule has 12 aromatic rings. The van der Waals surface area contributed by atoms with Crippen molar-refractivity contribution in [2.75, 3.05) is 0 Å². The molecule has 0 atom stereocenters. The van der Waals surface area contributed by atoms with Crippen LogP contribution in [0.1, 0.15) is 11.1 Å². The Kier molecular flexibility index (Phi) is 7.14. The zero-order valence-electron chi connectivity index (χ0n) is 31.1. The number of benzene rings is 8. The Morgan fingerprint density at radius 3 is 1.15 bits per heavy atom. The molecule has 4 aromatic heterocycles. The normalized spacial score (nSPS) is 12.8. The minimum absolute atomic E-state index is 0.452. The van der Waals surface area contributed by atoms with E-state index >= 15 is 0 Å². The van der Waals surface area contributed by atoms with Crippen LogP contribution < -0.4 is 0 Å². The van der Waals surface area contributed by atoms with Gasteiger partial charge in [-0.3, -0.25) is 0 Å². The van der Waals surface area contributed by atoms with Crippen molar-refractivity contribution >= 4 is 96.9 Å². The smallest absolute Gasteiger partial charge is 0.309 e. The molecule has 0 bridgehead atoms. The topological polar surface area (TPSA) is 14.8 Å². The molecule has 12 rings (SSSR count). The lowest BCUT2D eigenvalue weighted by atomic mass is 10.1. The molecule has 0 aliphatic heterocycles. The predicted octanol–water partition coefficient (Wildman–Crippen LogP) is 15.4. The second-order valence-corrected chi connectivity index (χ2v) is 16.3. The predicted molar refractivity (Wildman–Crippen MR) is 232 cm³/mol. The minimum Gasteiger partial charge on any atom is -0.309 e. The number of hydrogen-bond donors (Lipinski definition) is 0. The maximum absolute atomic E-state index is 14.2. The van der Waals surface area contributed by atoms with Gasteiger partial charge >= 0.3 is 12.4 Å². The van der Waals surface area contributed by atoms with E-state index in [0.717, 1.165) is 49.7 Å². The standard InChI is InChI=1S/C50H27F6N3S/c51-49(52,53)28-17-19-44-37(21-28)33-9-1-5-13-41(33)57(44)30-23-31(58-42-14-6-2-10-34(42)38-22-29(50(54,55)56)18-20-45(38)58)25-32(24-30)59-43-15-7-3-11-35(43)39-26-40-36-12-4-8-16-47(36)60-48(40)27-46(39)59/h1-27H. The third-order valence-corrected chi connectivity index (χ3v) is 13.0. The molecule has 4 heterocycles. The molecule has 290 valence electrons. The summed E-state index contributed by atoms with van der Waals surface area (Å²) in [5.74, 6) is 0. The van der Waals surface area contributed by atoms with Crippen LogP contribution in [-0.4, -0.2) is 13.7 Å². The third kappa shape index (κ3) is 5.03. The molecular weight excluding hydrogens is 789 g/mol. The zero-order valence-corrected chi connectivity index (χ0v) is 31.9. The van der Waals surface area contributed by atoms with Crippen LogP contribution in [0.5, 0.6) is 0 Å². The molecule has 0 aliphatic rings. The van der Waals surface area contributed by atoms with E-state index in [1.165, 1.54) is 34.4 Å². The highest BCUT2D eigenvalue weighted by molar-refractivity contribution is 7.25. The van der Waals surface area contributed by atoms with Gasteiger partial charge in [0.25, 0.3) is 0 Å². The van der Waals surface area contributed by atoms with Crippen molar-refractivity contribution in [2.45, 2.75) is 12.4 Å². The molecule has 0 radical (unpaired) electrons. The maximum Gasteiger partial charge on any atom is 0.416 e. The fourth-order valence-electron chi connectivity index (χ4n) is 9.29. The first kappa shape index (κ1) is 35.0. The minimum atomic E-state index is -4.54. The monoisotopic (exact) mass is 815 g/mol. The Balaban J connectivity index is 1.22. The molecule has 10 heteroatoms. The molecule has 0 aliphatic carbocycles. The van der Waals surface area contributed by atoms with Gasteiger partial charge in [-0.25, -0.2) is 0 Å². The molecule has 60 heavy (non-hydrogen) atoms. The van der Waals surface area contributed by atoms with Crippen molar-refractivity contribution in [3.8, 4) is 17.1 Å². The Bertz CT molecular complexity index is 3620. The first-order valence-electron chi connectivity index (χ1n) is 19.2. The summed E-state index contributed by atoms with van der Waals surface area (Å²) < 4.78 is 93.4. The van der Waals surface area contributed by atoms with Crippen LogP contribution in [-0.2, 0) is 12.4 Å². The number of nitrogens with zero attached hydrogens (tertiary/aromatic N) is 3. The molecular formula is C50H27F6N3S. The van der Waals surface area contributed by atoms with Crippen LogP contribution in [0, 0.1) is 0 Å². The molecule has 0 saturated carbocycles. The molecule has 0 spiro atoms. The van der Waals surface area contributed by atoms with Crippen LogP contribution in [0.25, 0.3) is 103 Å². The molecule has 0 fully saturated rings. The van der Waals surface area contributed by atoms with E-state index in [1.54, 1.807) is 11.3 Å². The van der Waals surface area contributed by atoms with Crippen LogP contribution in [0.4, 0.5) is 26.3 Å². The number of rotatable bonds is 3. The van der Waals surface area contributed by atoms with E-state index < -0.39 is 23.5 Å². The number of para-hydroxylation sites is 3. The van der Waals surface area contributed by atoms with Crippen molar-refractivity contribution in [2.24, 2.45) is 0 Å². The molecule has 0 amide bonds. The zero-order chi connectivity index (χ0) is 40.7. The van der Waals surface area contributed by atoms with Gasteiger partial charge in [-0.1, -0.05) is 72.8 Å². The number of thiophene rings is 1. The molecule has 0 unspecified atom stereocenters. The average molecular weight is 816 g/mol. The number of fused-ring (bicyclic) bond motifs is 12. The van der Waals surface area contributed by atoms with Crippen molar-refractivity contribution in [3.05, 3.63) is 175 Å². The van der Waals surface area contributed by atoms with E-state index in [4.69, 9.17) is 0 Å². The van der Waals surface area contributed by atoms with E-state index in [1.807, 2.05) is 100 Å². The molecule has 3 nitrogen and oxygen atoms in total. The average Bonchev–Trinajstić information content (AvgIpc) is 3.97. The van der Waals surface area contributed by atoms with Gasteiger partial charge in [-0.05, 0) is 91.0 Å². The number of hydrogen-bond acceptors (Lipinski definition) is 1. The quantitative estimate of drug-likeness (QED) is 0.158. The SMILES string of the molecule is FC(F)(F)c1ccc2c(c1)c1ccccc1n2-c1cc(-n2c3ccccc3c3cc(C(F)(F)F)ccc32)cc(-n2c3ccccc3c3cc4c(cc32)sc2ccccc24)c1. The summed E-state index contributed by atoms with van der Waals surface area (Å²) >= 11 is 1.72. The largest absolute Gasteiger partial charge is 0.416 e. The van der Waals surface area contributed by atoms with Gasteiger partial charge < -0.3 is 13.7 Å². The highest BCUT2D eigenvalue weighted by Crippen LogP contribution is 2.44. The fourth-order valence-corrected chi connectivity index (χ4v) is 10.4. The number of alkyl halides is 6. The van der Waals surface area contributed by atoms with E-state index in [0.29, 0.717) is 55.0 Å². The number of halogens is 6. The van der Waals surface area contributed by atoms with E-state index in [2.05, 4.69) is 41.0 Å². The van der Waals surface area contributed by atoms with Gasteiger partial charge in [0, 0.05) is 52.5 Å². The maximum atomic E-state index is 14.2. The fraction of sp³-hybridized carbons (Fsp3) is 0.0400. The Morgan fingerprint density at radius 2 is 0.683 bits per heavy atom. The van der Waals surface area contributed by atoms with Gasteiger partial charge in [0.05, 0.1) is 61.3 Å². The molecule has 0 saturated heterocycles. The van der Waals surface area contributed by atoms with Gasteiger partial charge in [0.15, 0.2) is 0 Å². The van der Waals surface area contributed by atoms with Crippen molar-refractivity contribution in [1.29, 1.82) is 0 Å². The van der Waals surface area contributed by atoms with Crippen LogP contribution in [0.2, 0.25) is 0 Å². The summed E-state index contributed by atoms with van der Waals surface area (Å²) in [6.07, 6.45) is -9.08. The van der Waals surface area contributed by atoms with Crippen molar-refractivity contribution < 1.29 is 26.3 Å². The van der Waals surface area contributed by atoms with Crippen LogP contribution in [0.15, 0.2) is 164 Å². The van der Waals surface area contributed by atoms with E-state index in [-0.39, 0.29) is 0 Å². The third-order valence-electron chi connectivity index (χ3n) is 11.8. The lowest BCUT2D eigenvalue weighted by molar-refractivity contribution is -0.138. The lowest BCUT2D eigenvalue weighted by Crippen LogP contribution is -2.05. The summed E-state index contributed by atoms with van der Waals surface area (Å²) in [6.45, 7) is 0. The Morgan fingerprint density at radius 1 is 0.300 bits per heavy atom. The molecule has 0 N–H and O–H groups in total. The molecule has 8 aromatic carbocycles. The second-order valence-electron chi connectivity index (χ2n) is 15.2.